The van der Waals surface area contributed by atoms with Gasteiger partial charge in [-0.25, -0.2) is 0 Å². The van der Waals surface area contributed by atoms with Crippen molar-refractivity contribution in [3.05, 3.63) is 12.2 Å². The zero-order valence-electron chi connectivity index (χ0n) is 13.0. The number of rotatable bonds is 8. The van der Waals surface area contributed by atoms with Gasteiger partial charge in [0.25, 0.3) is 0 Å². The summed E-state index contributed by atoms with van der Waals surface area (Å²) in [7, 11) is 0. The predicted molar refractivity (Wildman–Crippen MR) is 79.7 cm³/mol. The molecule has 0 spiro atoms. The van der Waals surface area contributed by atoms with Crippen LogP contribution in [0.25, 0.3) is 0 Å². The van der Waals surface area contributed by atoms with E-state index in [1.807, 2.05) is 19.1 Å². The van der Waals surface area contributed by atoms with Gasteiger partial charge in [-0.15, -0.1) is 0 Å². The van der Waals surface area contributed by atoms with Crippen LogP contribution in [0.2, 0.25) is 0 Å². The van der Waals surface area contributed by atoms with Gasteiger partial charge in [0.1, 0.15) is 6.10 Å². The van der Waals surface area contributed by atoms with Crippen molar-refractivity contribution in [1.29, 1.82) is 0 Å². The van der Waals surface area contributed by atoms with Crippen LogP contribution >= 0.6 is 0 Å². The van der Waals surface area contributed by atoms with Gasteiger partial charge in [-0.1, -0.05) is 38.8 Å². The SMILES string of the molecule is CCCCCC(CC)OC(=O)C1C2C=CC(C2)C1C(=O)O. The number of fused-ring (bicyclic) bond motifs is 2. The Morgan fingerprint density at radius 1 is 1.19 bits per heavy atom. The van der Waals surface area contributed by atoms with Gasteiger partial charge >= 0.3 is 11.9 Å². The number of esters is 1. The normalized spacial score (nSPS) is 31.3. The van der Waals surface area contributed by atoms with Crippen molar-refractivity contribution < 1.29 is 19.4 Å². The lowest BCUT2D eigenvalue weighted by atomic mass is 9.83. The Balaban J connectivity index is 1.95. The zero-order valence-corrected chi connectivity index (χ0v) is 13.0. The van der Waals surface area contributed by atoms with Crippen molar-refractivity contribution in [2.24, 2.45) is 23.7 Å². The molecule has 0 aromatic heterocycles. The topological polar surface area (TPSA) is 63.6 Å². The first-order chi connectivity index (χ1) is 10.1. The molecule has 5 unspecified atom stereocenters. The molecule has 0 radical (unpaired) electrons. The van der Waals surface area contributed by atoms with Gasteiger partial charge in [0.2, 0.25) is 0 Å². The number of aliphatic carboxylic acids is 1. The predicted octanol–water partition coefficient (Wildman–Crippen LogP) is 3.41. The number of carbonyl (C=O) groups excluding carboxylic acids is 1. The Bertz CT molecular complexity index is 415. The molecule has 1 saturated carbocycles. The van der Waals surface area contributed by atoms with Crippen molar-refractivity contribution in [2.45, 2.75) is 58.5 Å². The average molecular weight is 294 g/mol. The lowest BCUT2D eigenvalue weighted by molar-refractivity contribution is -0.162. The van der Waals surface area contributed by atoms with Gasteiger partial charge in [-0.3, -0.25) is 9.59 Å². The minimum absolute atomic E-state index is 0.00483. The molecule has 2 aliphatic rings. The highest BCUT2D eigenvalue weighted by atomic mass is 16.5. The van der Waals surface area contributed by atoms with Crippen LogP contribution in [-0.4, -0.2) is 23.1 Å². The molecule has 5 atom stereocenters. The summed E-state index contributed by atoms with van der Waals surface area (Å²) >= 11 is 0. The molecular weight excluding hydrogens is 268 g/mol. The number of carbonyl (C=O) groups is 2. The number of carboxylic acids is 1. The second-order valence-corrected chi connectivity index (χ2v) is 6.30. The van der Waals surface area contributed by atoms with E-state index in [4.69, 9.17) is 4.74 Å². The first kappa shape index (κ1) is 16.1. The number of allylic oxidation sites excluding steroid dienone is 2. The van der Waals surface area contributed by atoms with Crippen LogP contribution in [0.3, 0.4) is 0 Å². The van der Waals surface area contributed by atoms with E-state index in [0.717, 1.165) is 38.5 Å². The minimum atomic E-state index is -0.868. The monoisotopic (exact) mass is 294 g/mol. The van der Waals surface area contributed by atoms with E-state index in [9.17, 15) is 14.7 Å². The molecular formula is C17H26O4. The molecule has 118 valence electrons. The lowest BCUT2D eigenvalue weighted by Crippen LogP contribution is -2.35. The van der Waals surface area contributed by atoms with Gasteiger partial charge < -0.3 is 9.84 Å². The van der Waals surface area contributed by atoms with E-state index >= 15 is 0 Å². The Hall–Kier alpha value is -1.32. The average Bonchev–Trinajstić information content (AvgIpc) is 3.06. The molecule has 2 aliphatic carbocycles. The van der Waals surface area contributed by atoms with Gasteiger partial charge in [0, 0.05) is 0 Å². The van der Waals surface area contributed by atoms with Crippen LogP contribution in [0.5, 0.6) is 0 Å². The van der Waals surface area contributed by atoms with Crippen molar-refractivity contribution in [2.75, 3.05) is 0 Å². The van der Waals surface area contributed by atoms with E-state index in [2.05, 4.69) is 6.92 Å². The largest absolute Gasteiger partial charge is 0.481 e. The summed E-state index contributed by atoms with van der Waals surface area (Å²) < 4.78 is 5.63. The number of hydrogen-bond acceptors (Lipinski definition) is 3. The van der Waals surface area contributed by atoms with Crippen molar-refractivity contribution in [3.8, 4) is 0 Å². The van der Waals surface area contributed by atoms with Gasteiger partial charge in [0.05, 0.1) is 11.8 Å². The van der Waals surface area contributed by atoms with E-state index in [-0.39, 0.29) is 23.9 Å². The summed E-state index contributed by atoms with van der Waals surface area (Å²) in [6, 6.07) is 0. The molecule has 1 fully saturated rings. The Kier molecular flexibility index (Phi) is 5.43. The first-order valence-corrected chi connectivity index (χ1v) is 8.20. The lowest BCUT2D eigenvalue weighted by Gasteiger charge is -2.25. The molecule has 0 aromatic rings. The molecule has 1 N–H and O–H groups in total. The Morgan fingerprint density at radius 2 is 1.86 bits per heavy atom. The third kappa shape index (κ3) is 3.47. The quantitative estimate of drug-likeness (QED) is 0.423. The van der Waals surface area contributed by atoms with Crippen molar-refractivity contribution >= 4 is 11.9 Å². The second-order valence-electron chi connectivity index (χ2n) is 6.30. The van der Waals surface area contributed by atoms with Crippen LogP contribution in [0.4, 0.5) is 0 Å². The Morgan fingerprint density at radius 3 is 2.43 bits per heavy atom. The first-order valence-electron chi connectivity index (χ1n) is 8.20. The van der Waals surface area contributed by atoms with E-state index in [0.29, 0.717) is 0 Å². The minimum Gasteiger partial charge on any atom is -0.481 e. The highest BCUT2D eigenvalue weighted by Crippen LogP contribution is 2.48. The van der Waals surface area contributed by atoms with E-state index < -0.39 is 17.8 Å². The molecule has 4 nitrogen and oxygen atoms in total. The summed E-state index contributed by atoms with van der Waals surface area (Å²) in [5.74, 6) is -2.20. The van der Waals surface area contributed by atoms with Crippen LogP contribution in [0, 0.1) is 23.7 Å². The summed E-state index contributed by atoms with van der Waals surface area (Å²) in [4.78, 5) is 23.9. The summed E-state index contributed by atoms with van der Waals surface area (Å²) in [5.41, 5.74) is 0. The number of ether oxygens (including phenoxy) is 1. The molecule has 2 bridgehead atoms. The highest BCUT2D eigenvalue weighted by Gasteiger charge is 2.52. The van der Waals surface area contributed by atoms with Crippen LogP contribution in [-0.2, 0) is 14.3 Å². The molecule has 21 heavy (non-hydrogen) atoms. The smallest absolute Gasteiger partial charge is 0.310 e. The fraction of sp³-hybridized carbons (Fsp3) is 0.765. The second kappa shape index (κ2) is 7.10. The molecule has 2 rings (SSSR count). The molecule has 0 aromatic carbocycles. The summed E-state index contributed by atoms with van der Waals surface area (Å²) in [5, 5.41) is 9.38. The van der Waals surface area contributed by atoms with Gasteiger partial charge in [0.15, 0.2) is 0 Å². The molecule has 0 amide bonds. The van der Waals surface area contributed by atoms with Crippen molar-refractivity contribution in [3.63, 3.8) is 0 Å². The maximum absolute atomic E-state index is 12.4. The fourth-order valence-electron chi connectivity index (χ4n) is 3.69. The molecule has 0 heterocycles. The number of carboxylic acid groups (broad SMARTS) is 1. The molecule has 4 heteroatoms. The maximum Gasteiger partial charge on any atom is 0.310 e. The third-order valence-electron chi connectivity index (χ3n) is 4.88. The van der Waals surface area contributed by atoms with Crippen molar-refractivity contribution in [1.82, 2.24) is 0 Å². The molecule has 0 saturated heterocycles. The maximum atomic E-state index is 12.4. The van der Waals surface area contributed by atoms with E-state index in [1.54, 1.807) is 0 Å². The van der Waals surface area contributed by atoms with Gasteiger partial charge in [-0.05, 0) is 37.5 Å². The molecule has 0 aliphatic heterocycles. The van der Waals surface area contributed by atoms with Crippen LogP contribution < -0.4 is 0 Å². The Labute approximate surface area is 126 Å². The van der Waals surface area contributed by atoms with Gasteiger partial charge in [-0.2, -0.15) is 0 Å². The summed E-state index contributed by atoms with van der Waals surface area (Å²) in [6.45, 7) is 4.16. The van der Waals surface area contributed by atoms with Crippen LogP contribution in [0.15, 0.2) is 12.2 Å². The fourth-order valence-corrected chi connectivity index (χ4v) is 3.69. The third-order valence-corrected chi connectivity index (χ3v) is 4.88. The highest BCUT2D eigenvalue weighted by molar-refractivity contribution is 5.83. The number of hydrogen-bond donors (Lipinski definition) is 1. The van der Waals surface area contributed by atoms with E-state index in [1.165, 1.54) is 0 Å². The zero-order chi connectivity index (χ0) is 15.4. The van der Waals surface area contributed by atoms with Crippen LogP contribution in [0.1, 0.15) is 52.4 Å². The number of unbranched alkanes of at least 4 members (excludes halogenated alkanes) is 2. The standard InChI is InChI=1S/C17H26O4/c1-3-5-6-7-13(4-2)21-17(20)15-12-9-8-11(10-12)14(15)16(18)19/h8-9,11-15H,3-7,10H2,1-2H3,(H,18,19). The summed E-state index contributed by atoms with van der Waals surface area (Å²) in [6.07, 6.45) is 9.67.